The second kappa shape index (κ2) is 6.29. The maximum atomic E-state index is 11.8. The molecule has 1 heterocycles. The Morgan fingerprint density at radius 1 is 1.22 bits per heavy atom. The monoisotopic (exact) mass is 254 g/mol. The van der Waals surface area contributed by atoms with E-state index in [1.165, 1.54) is 25.7 Å². The molecule has 18 heavy (non-hydrogen) atoms. The first-order valence-corrected chi connectivity index (χ1v) is 6.80. The van der Waals surface area contributed by atoms with Crippen LogP contribution in [-0.2, 0) is 14.3 Å². The Balaban J connectivity index is 1.78. The fraction of sp³-hybridized carbons (Fsp3) is 0.846. The molecule has 0 spiro atoms. The lowest BCUT2D eigenvalue weighted by atomic mass is 10.2. The zero-order valence-corrected chi connectivity index (χ0v) is 11.0. The van der Waals surface area contributed by atoms with Crippen LogP contribution in [0.25, 0.3) is 0 Å². The predicted molar refractivity (Wildman–Crippen MR) is 68.2 cm³/mol. The van der Waals surface area contributed by atoms with Crippen LogP contribution >= 0.6 is 0 Å². The van der Waals surface area contributed by atoms with Crippen LogP contribution in [0, 0.1) is 0 Å². The van der Waals surface area contributed by atoms with Gasteiger partial charge in [0.1, 0.15) is 0 Å². The first-order valence-electron chi connectivity index (χ1n) is 6.80. The van der Waals surface area contributed by atoms with Crippen molar-refractivity contribution in [2.24, 2.45) is 5.10 Å². The molecule has 0 bridgehead atoms. The van der Waals surface area contributed by atoms with Crippen molar-refractivity contribution in [3.05, 3.63) is 0 Å². The van der Waals surface area contributed by atoms with E-state index in [0.29, 0.717) is 13.2 Å². The number of nitrogens with one attached hydrogen (secondary N) is 1. The first kappa shape index (κ1) is 13.5. The summed E-state index contributed by atoms with van der Waals surface area (Å²) in [5, 5.41) is 4.22. The van der Waals surface area contributed by atoms with Crippen LogP contribution in [0.5, 0.6) is 0 Å². The number of hydrazone groups is 1. The second-order valence-electron chi connectivity index (χ2n) is 5.13. The van der Waals surface area contributed by atoms with Gasteiger partial charge in [-0.2, -0.15) is 5.10 Å². The summed E-state index contributed by atoms with van der Waals surface area (Å²) in [6.07, 6.45) is 7.11. The van der Waals surface area contributed by atoms with E-state index in [2.05, 4.69) is 10.5 Å². The number of amides is 1. The van der Waals surface area contributed by atoms with Gasteiger partial charge in [0.15, 0.2) is 5.79 Å². The third-order valence-electron chi connectivity index (χ3n) is 3.40. The summed E-state index contributed by atoms with van der Waals surface area (Å²) < 4.78 is 10.8. The summed E-state index contributed by atoms with van der Waals surface area (Å²) in [5.41, 5.74) is 3.73. The van der Waals surface area contributed by atoms with E-state index in [9.17, 15) is 4.79 Å². The summed E-state index contributed by atoms with van der Waals surface area (Å²) in [6, 6.07) is 0. The predicted octanol–water partition coefficient (Wildman–Crippen LogP) is 1.97. The quantitative estimate of drug-likeness (QED) is 0.618. The largest absolute Gasteiger partial charge is 0.347 e. The molecular formula is C13H22N2O3. The van der Waals surface area contributed by atoms with Gasteiger partial charge >= 0.3 is 0 Å². The van der Waals surface area contributed by atoms with Gasteiger partial charge in [0.05, 0.1) is 19.6 Å². The Morgan fingerprint density at radius 2 is 1.83 bits per heavy atom. The molecule has 0 aromatic rings. The van der Waals surface area contributed by atoms with Crippen LogP contribution in [0.2, 0.25) is 0 Å². The molecule has 0 aromatic heterocycles. The summed E-state index contributed by atoms with van der Waals surface area (Å²) in [5.74, 6) is -0.913. The van der Waals surface area contributed by atoms with Gasteiger partial charge < -0.3 is 9.47 Å². The molecule has 1 amide bonds. The molecule has 1 saturated heterocycles. The zero-order chi connectivity index (χ0) is 12.8. The molecule has 5 nitrogen and oxygen atoms in total. The number of carbonyl (C=O) groups excluding carboxylic acids is 1. The van der Waals surface area contributed by atoms with Crippen molar-refractivity contribution >= 4 is 11.6 Å². The number of carbonyl (C=O) groups is 1. The highest BCUT2D eigenvalue weighted by Crippen LogP contribution is 2.22. The van der Waals surface area contributed by atoms with Crippen molar-refractivity contribution in [3.63, 3.8) is 0 Å². The minimum absolute atomic E-state index is 0.142. The van der Waals surface area contributed by atoms with Gasteiger partial charge in [-0.15, -0.1) is 0 Å². The molecule has 5 heteroatoms. The van der Waals surface area contributed by atoms with Crippen molar-refractivity contribution in [1.82, 2.24) is 5.43 Å². The number of nitrogens with zero attached hydrogens (tertiary/aromatic N) is 1. The number of rotatable bonds is 3. The highest BCUT2D eigenvalue weighted by Gasteiger charge is 2.33. The normalized spacial score (nSPS) is 23.5. The van der Waals surface area contributed by atoms with E-state index in [0.717, 1.165) is 18.6 Å². The summed E-state index contributed by atoms with van der Waals surface area (Å²) in [4.78, 5) is 11.8. The Morgan fingerprint density at radius 3 is 2.44 bits per heavy atom. The molecule has 1 aliphatic carbocycles. The Labute approximate surface area is 108 Å². The molecular weight excluding hydrogens is 232 g/mol. The molecule has 1 saturated carbocycles. The molecule has 2 aliphatic rings. The number of hydrogen-bond acceptors (Lipinski definition) is 4. The van der Waals surface area contributed by atoms with Crippen LogP contribution in [0.15, 0.2) is 5.10 Å². The van der Waals surface area contributed by atoms with Gasteiger partial charge in [-0.1, -0.05) is 12.8 Å². The lowest BCUT2D eigenvalue weighted by Gasteiger charge is -2.20. The molecule has 0 aromatic carbocycles. The van der Waals surface area contributed by atoms with Gasteiger partial charge in [-0.3, -0.25) is 4.79 Å². The second-order valence-corrected chi connectivity index (χ2v) is 5.13. The Hall–Kier alpha value is -0.940. The van der Waals surface area contributed by atoms with Gasteiger partial charge in [0.2, 0.25) is 5.91 Å². The van der Waals surface area contributed by atoms with Gasteiger partial charge in [0.25, 0.3) is 0 Å². The summed E-state index contributed by atoms with van der Waals surface area (Å²) in [7, 11) is 0. The average molecular weight is 254 g/mol. The topological polar surface area (TPSA) is 59.9 Å². The molecule has 2 fully saturated rings. The molecule has 1 aliphatic heterocycles. The molecule has 102 valence electrons. The fourth-order valence-electron chi connectivity index (χ4n) is 2.38. The first-order chi connectivity index (χ1) is 8.68. The highest BCUT2D eigenvalue weighted by molar-refractivity contribution is 5.86. The van der Waals surface area contributed by atoms with E-state index in [4.69, 9.17) is 9.47 Å². The standard InChI is InChI=1S/C13H22N2O3/c1-13(17-8-9-18-13)10-12(16)15-14-11-6-4-2-3-5-7-11/h2-10H2,1H3,(H,15,16). The van der Waals surface area contributed by atoms with Crippen molar-refractivity contribution in [2.75, 3.05) is 13.2 Å². The SMILES string of the molecule is CC1(CC(=O)NN=C2CCCCCC2)OCCO1. The van der Waals surface area contributed by atoms with Crippen LogP contribution < -0.4 is 5.43 Å². The molecule has 1 N–H and O–H groups in total. The van der Waals surface area contributed by atoms with Crippen molar-refractivity contribution in [1.29, 1.82) is 0 Å². The lowest BCUT2D eigenvalue weighted by molar-refractivity contribution is -0.159. The molecule has 0 unspecified atom stereocenters. The van der Waals surface area contributed by atoms with Crippen LogP contribution in [0.1, 0.15) is 51.9 Å². The summed E-state index contributed by atoms with van der Waals surface area (Å²) >= 11 is 0. The van der Waals surface area contributed by atoms with Gasteiger partial charge in [-0.05, 0) is 32.6 Å². The van der Waals surface area contributed by atoms with Gasteiger partial charge in [0, 0.05) is 5.71 Å². The van der Waals surface area contributed by atoms with E-state index in [-0.39, 0.29) is 12.3 Å². The van der Waals surface area contributed by atoms with E-state index in [1.54, 1.807) is 6.92 Å². The summed E-state index contributed by atoms with van der Waals surface area (Å²) in [6.45, 7) is 2.90. The van der Waals surface area contributed by atoms with Crippen LogP contribution in [0.3, 0.4) is 0 Å². The van der Waals surface area contributed by atoms with E-state index >= 15 is 0 Å². The van der Waals surface area contributed by atoms with E-state index < -0.39 is 5.79 Å². The maximum absolute atomic E-state index is 11.8. The zero-order valence-electron chi connectivity index (χ0n) is 11.0. The number of ether oxygens (including phenoxy) is 2. The molecule has 2 rings (SSSR count). The van der Waals surface area contributed by atoms with Crippen molar-refractivity contribution in [2.45, 2.75) is 57.7 Å². The van der Waals surface area contributed by atoms with Crippen molar-refractivity contribution < 1.29 is 14.3 Å². The minimum Gasteiger partial charge on any atom is -0.347 e. The van der Waals surface area contributed by atoms with Crippen molar-refractivity contribution in [3.8, 4) is 0 Å². The third-order valence-corrected chi connectivity index (χ3v) is 3.40. The maximum Gasteiger partial charge on any atom is 0.245 e. The minimum atomic E-state index is -0.770. The average Bonchev–Trinajstić information content (AvgIpc) is 2.62. The van der Waals surface area contributed by atoms with Crippen LogP contribution in [-0.4, -0.2) is 30.6 Å². The molecule has 0 atom stereocenters. The smallest absolute Gasteiger partial charge is 0.245 e. The Bertz CT molecular complexity index is 312. The van der Waals surface area contributed by atoms with Gasteiger partial charge in [-0.25, -0.2) is 5.43 Å². The van der Waals surface area contributed by atoms with Crippen LogP contribution in [0.4, 0.5) is 0 Å². The fourth-order valence-corrected chi connectivity index (χ4v) is 2.38. The highest BCUT2D eigenvalue weighted by atomic mass is 16.7. The van der Waals surface area contributed by atoms with E-state index in [1.807, 2.05) is 0 Å². The third kappa shape index (κ3) is 4.07. The molecule has 0 radical (unpaired) electrons. The Kier molecular flexibility index (Phi) is 4.72. The number of hydrogen-bond donors (Lipinski definition) is 1. The lowest BCUT2D eigenvalue weighted by Crippen LogP contribution is -2.33.